The Bertz CT molecular complexity index is 982. The van der Waals surface area contributed by atoms with E-state index in [0.29, 0.717) is 11.1 Å². The number of hydrogen-bond acceptors (Lipinski definition) is 4. The van der Waals surface area contributed by atoms with Gasteiger partial charge >= 0.3 is 0 Å². The topological polar surface area (TPSA) is 88.6 Å². The Hall–Kier alpha value is -2.71. The Labute approximate surface area is 197 Å². The molecule has 0 spiro atoms. The lowest BCUT2D eigenvalue weighted by Gasteiger charge is -2.26. The molecule has 6 nitrogen and oxygen atoms in total. The SMILES string of the molecule is CCOC(C(=O)N(Cl)Cc1ccc(C(=N)N)cc1)c1c(F)ccc(OC2CCCCC2)c1F. The van der Waals surface area contributed by atoms with Gasteiger partial charge in [0, 0.05) is 23.9 Å². The Morgan fingerprint density at radius 2 is 1.85 bits per heavy atom. The average molecular weight is 480 g/mol. The number of carbonyl (C=O) groups is 1. The quantitative estimate of drug-likeness (QED) is 0.293. The van der Waals surface area contributed by atoms with Gasteiger partial charge in [0.2, 0.25) is 0 Å². The monoisotopic (exact) mass is 479 g/mol. The molecule has 178 valence electrons. The van der Waals surface area contributed by atoms with Gasteiger partial charge in [-0.3, -0.25) is 10.2 Å². The van der Waals surface area contributed by atoms with E-state index in [1.165, 1.54) is 6.07 Å². The van der Waals surface area contributed by atoms with Crippen molar-refractivity contribution in [2.75, 3.05) is 6.61 Å². The van der Waals surface area contributed by atoms with E-state index >= 15 is 4.39 Å². The molecular weight excluding hydrogens is 452 g/mol. The van der Waals surface area contributed by atoms with E-state index in [4.69, 9.17) is 32.4 Å². The Balaban J connectivity index is 1.82. The first kappa shape index (κ1) is 24.9. The van der Waals surface area contributed by atoms with Crippen LogP contribution in [0.2, 0.25) is 0 Å². The van der Waals surface area contributed by atoms with Crippen LogP contribution >= 0.6 is 11.8 Å². The van der Waals surface area contributed by atoms with E-state index in [-0.39, 0.29) is 30.8 Å². The average Bonchev–Trinajstić information content (AvgIpc) is 2.81. The van der Waals surface area contributed by atoms with Crippen molar-refractivity contribution in [2.24, 2.45) is 5.73 Å². The van der Waals surface area contributed by atoms with Crippen LogP contribution in [0.4, 0.5) is 8.78 Å². The molecule has 3 N–H and O–H groups in total. The number of carbonyl (C=O) groups excluding carboxylic acids is 1. The van der Waals surface area contributed by atoms with E-state index < -0.39 is 29.2 Å². The van der Waals surface area contributed by atoms with E-state index in [2.05, 4.69) is 0 Å². The van der Waals surface area contributed by atoms with Crippen LogP contribution in [-0.4, -0.2) is 28.9 Å². The lowest BCUT2D eigenvalue weighted by molar-refractivity contribution is -0.139. The minimum atomic E-state index is -1.57. The maximum absolute atomic E-state index is 15.3. The molecule has 1 aliphatic rings. The van der Waals surface area contributed by atoms with E-state index in [0.717, 1.165) is 42.6 Å². The summed E-state index contributed by atoms with van der Waals surface area (Å²) in [5.74, 6) is -2.86. The molecule has 1 atom stereocenters. The Morgan fingerprint density at radius 3 is 2.45 bits per heavy atom. The summed E-state index contributed by atoms with van der Waals surface area (Å²) < 4.78 is 42.1. The van der Waals surface area contributed by atoms with Crippen molar-refractivity contribution in [3.63, 3.8) is 0 Å². The zero-order valence-electron chi connectivity index (χ0n) is 18.5. The van der Waals surface area contributed by atoms with Crippen molar-refractivity contribution in [3.05, 3.63) is 64.7 Å². The standard InChI is InChI=1S/C24H28ClF2N3O3/c1-2-32-22(24(31)30(25)14-15-8-10-16(11-9-15)23(28)29)20-18(26)12-13-19(21(20)27)33-17-6-4-3-5-7-17/h8-13,17,22H,2-7,14H2,1H3,(H3,28,29). The molecule has 0 radical (unpaired) electrons. The molecule has 1 fully saturated rings. The van der Waals surface area contributed by atoms with Gasteiger partial charge < -0.3 is 15.2 Å². The molecule has 0 aliphatic heterocycles. The van der Waals surface area contributed by atoms with Crippen molar-refractivity contribution < 1.29 is 23.0 Å². The van der Waals surface area contributed by atoms with Crippen LogP contribution in [0.1, 0.15) is 61.8 Å². The number of hydrogen-bond donors (Lipinski definition) is 2. The van der Waals surface area contributed by atoms with Gasteiger partial charge in [0.15, 0.2) is 17.7 Å². The van der Waals surface area contributed by atoms with Gasteiger partial charge in [-0.05, 0) is 50.3 Å². The van der Waals surface area contributed by atoms with Crippen molar-refractivity contribution in [3.8, 4) is 5.75 Å². The smallest absolute Gasteiger partial charge is 0.271 e. The minimum Gasteiger partial charge on any atom is -0.487 e. The highest BCUT2D eigenvalue weighted by molar-refractivity contribution is 6.21. The highest BCUT2D eigenvalue weighted by Crippen LogP contribution is 2.34. The third-order valence-corrected chi connectivity index (χ3v) is 5.87. The lowest BCUT2D eigenvalue weighted by atomic mass is 9.97. The summed E-state index contributed by atoms with van der Waals surface area (Å²) in [6.45, 7) is 1.63. The molecule has 2 aromatic rings. The summed E-state index contributed by atoms with van der Waals surface area (Å²) in [5.41, 5.74) is 6.10. The molecule has 2 aromatic carbocycles. The fourth-order valence-electron chi connectivity index (χ4n) is 3.84. The molecule has 33 heavy (non-hydrogen) atoms. The van der Waals surface area contributed by atoms with Crippen LogP contribution in [0.5, 0.6) is 5.75 Å². The van der Waals surface area contributed by atoms with E-state index in [1.54, 1.807) is 31.2 Å². The van der Waals surface area contributed by atoms with Crippen LogP contribution in [-0.2, 0) is 16.1 Å². The molecule has 1 amide bonds. The van der Waals surface area contributed by atoms with Gasteiger partial charge in [-0.2, -0.15) is 0 Å². The maximum atomic E-state index is 15.3. The fourth-order valence-corrected chi connectivity index (χ4v) is 4.07. The summed E-state index contributed by atoms with van der Waals surface area (Å²) >= 11 is 6.21. The van der Waals surface area contributed by atoms with E-state index in [9.17, 15) is 9.18 Å². The first-order valence-electron chi connectivity index (χ1n) is 11.0. The third kappa shape index (κ3) is 6.21. The molecular formula is C24H28ClF2N3O3. The van der Waals surface area contributed by atoms with Gasteiger partial charge in [-0.25, -0.2) is 13.2 Å². The van der Waals surface area contributed by atoms with Gasteiger partial charge in [-0.1, -0.05) is 30.7 Å². The fraction of sp³-hybridized carbons (Fsp3) is 0.417. The number of amidine groups is 1. The molecule has 1 unspecified atom stereocenters. The first-order chi connectivity index (χ1) is 15.8. The Kier molecular flexibility index (Phi) is 8.63. The summed E-state index contributed by atoms with van der Waals surface area (Å²) in [5, 5.41) is 7.44. The van der Waals surface area contributed by atoms with Crippen molar-refractivity contribution in [1.29, 1.82) is 5.41 Å². The van der Waals surface area contributed by atoms with Crippen LogP contribution < -0.4 is 10.5 Å². The normalized spacial score (nSPS) is 15.2. The molecule has 1 saturated carbocycles. The van der Waals surface area contributed by atoms with Crippen LogP contribution in [0.3, 0.4) is 0 Å². The van der Waals surface area contributed by atoms with E-state index in [1.807, 2.05) is 0 Å². The number of nitrogens with zero attached hydrogens (tertiary/aromatic N) is 1. The largest absolute Gasteiger partial charge is 0.487 e. The molecule has 0 heterocycles. The van der Waals surface area contributed by atoms with Crippen LogP contribution in [0.15, 0.2) is 36.4 Å². The van der Waals surface area contributed by atoms with Crippen LogP contribution in [0.25, 0.3) is 0 Å². The number of halogens is 3. The number of amides is 1. The van der Waals surface area contributed by atoms with Gasteiger partial charge in [0.1, 0.15) is 11.7 Å². The van der Waals surface area contributed by atoms with Gasteiger partial charge in [0.05, 0.1) is 18.2 Å². The highest BCUT2D eigenvalue weighted by Gasteiger charge is 2.33. The second kappa shape index (κ2) is 11.4. The zero-order chi connectivity index (χ0) is 24.0. The molecule has 1 aliphatic carbocycles. The summed E-state index contributed by atoms with van der Waals surface area (Å²) in [6, 6.07) is 8.89. The lowest BCUT2D eigenvalue weighted by Crippen LogP contribution is -2.30. The molecule has 0 aromatic heterocycles. The van der Waals surface area contributed by atoms with Gasteiger partial charge in [-0.15, -0.1) is 0 Å². The molecule has 0 bridgehead atoms. The summed E-state index contributed by atoms with van der Waals surface area (Å²) in [7, 11) is 0. The predicted octanol–water partition coefficient (Wildman–Crippen LogP) is 5.22. The predicted molar refractivity (Wildman–Crippen MR) is 122 cm³/mol. The minimum absolute atomic E-state index is 0.0380. The number of nitrogen functional groups attached to an aromatic ring is 1. The number of nitrogens with one attached hydrogen (secondary N) is 1. The highest BCUT2D eigenvalue weighted by atomic mass is 35.5. The van der Waals surface area contributed by atoms with Crippen molar-refractivity contribution in [1.82, 2.24) is 4.42 Å². The number of ether oxygens (including phenoxy) is 2. The number of nitrogens with two attached hydrogens (primary N) is 1. The molecule has 3 rings (SSSR count). The second-order valence-electron chi connectivity index (χ2n) is 7.96. The summed E-state index contributed by atoms with van der Waals surface area (Å²) in [6.07, 6.45) is 3.00. The third-order valence-electron chi connectivity index (χ3n) is 5.58. The van der Waals surface area contributed by atoms with Crippen LogP contribution in [0, 0.1) is 17.0 Å². The zero-order valence-corrected chi connectivity index (χ0v) is 19.2. The number of benzene rings is 2. The maximum Gasteiger partial charge on any atom is 0.271 e. The number of rotatable bonds is 9. The molecule has 9 heteroatoms. The first-order valence-corrected chi connectivity index (χ1v) is 11.3. The summed E-state index contributed by atoms with van der Waals surface area (Å²) in [4.78, 5) is 13.1. The molecule has 0 saturated heterocycles. The Morgan fingerprint density at radius 1 is 1.18 bits per heavy atom. The second-order valence-corrected chi connectivity index (χ2v) is 8.36. The van der Waals surface area contributed by atoms with Gasteiger partial charge in [0.25, 0.3) is 5.91 Å². The van der Waals surface area contributed by atoms with Crippen molar-refractivity contribution >= 4 is 23.5 Å². The van der Waals surface area contributed by atoms with Crippen molar-refractivity contribution in [2.45, 2.75) is 57.8 Å².